The molecule has 1 heterocycles. The molecule has 0 aromatic rings. The first-order valence-corrected chi connectivity index (χ1v) is 8.16. The molecule has 1 saturated heterocycles. The summed E-state index contributed by atoms with van der Waals surface area (Å²) < 4.78 is 46.4. The molecule has 0 bridgehead atoms. The number of hydrogen-bond acceptors (Lipinski definition) is 9. The van der Waals surface area contributed by atoms with E-state index in [1.807, 2.05) is 19.1 Å². The van der Waals surface area contributed by atoms with Crippen LogP contribution in [0.1, 0.15) is 19.8 Å². The fourth-order valence-corrected chi connectivity index (χ4v) is 2.49. The van der Waals surface area contributed by atoms with Crippen molar-refractivity contribution in [2.75, 3.05) is 13.2 Å². The smallest absolute Gasteiger partial charge is 0.726 e. The quantitative estimate of drug-likeness (QED) is 0.128. The van der Waals surface area contributed by atoms with Crippen molar-refractivity contribution in [3.63, 3.8) is 0 Å². The molecular weight excluding hydrogens is 343 g/mol. The Morgan fingerprint density at radius 1 is 1.26 bits per heavy atom. The molecule has 0 spiro atoms. The van der Waals surface area contributed by atoms with Crippen molar-refractivity contribution in [3.8, 4) is 0 Å². The average Bonchev–Trinajstić information content (AvgIpc) is 2.44. The first-order chi connectivity index (χ1) is 10.3. The van der Waals surface area contributed by atoms with Crippen LogP contribution in [0.5, 0.6) is 0 Å². The maximum atomic E-state index is 10.6. The van der Waals surface area contributed by atoms with Crippen molar-refractivity contribution in [3.05, 3.63) is 12.2 Å². The summed E-state index contributed by atoms with van der Waals surface area (Å²) in [6, 6.07) is 0. The third-order valence-electron chi connectivity index (χ3n) is 3.02. The van der Waals surface area contributed by atoms with Crippen LogP contribution in [0.25, 0.3) is 0 Å². The number of aliphatic hydroxyl groups excluding tert-OH is 3. The van der Waals surface area contributed by atoms with E-state index >= 15 is 0 Å². The molecule has 130 valence electrons. The third kappa shape index (κ3) is 7.88. The van der Waals surface area contributed by atoms with Gasteiger partial charge in [-0.3, -0.25) is 4.18 Å². The fourth-order valence-electron chi connectivity index (χ4n) is 1.98. The van der Waals surface area contributed by atoms with Crippen LogP contribution in [-0.4, -0.2) is 72.2 Å². The molecule has 1 aliphatic heterocycles. The van der Waals surface area contributed by atoms with Crippen LogP contribution < -0.4 is 29.6 Å². The first-order valence-electron chi connectivity index (χ1n) is 6.83. The Morgan fingerprint density at radius 2 is 1.91 bits per heavy atom. The number of rotatable bonds is 8. The maximum Gasteiger partial charge on any atom is 1.00 e. The van der Waals surface area contributed by atoms with Gasteiger partial charge in [-0.25, -0.2) is 8.42 Å². The molecule has 0 aliphatic carbocycles. The molecule has 23 heavy (non-hydrogen) atoms. The number of aliphatic hydroxyl groups is 3. The van der Waals surface area contributed by atoms with Gasteiger partial charge in [0.1, 0.15) is 24.4 Å². The van der Waals surface area contributed by atoms with Crippen LogP contribution in [-0.2, 0) is 24.1 Å². The second-order valence-electron chi connectivity index (χ2n) is 4.71. The van der Waals surface area contributed by atoms with Gasteiger partial charge < -0.3 is 29.3 Å². The molecule has 1 fully saturated rings. The molecular formula is C12H21NaO9S. The summed E-state index contributed by atoms with van der Waals surface area (Å²) >= 11 is 0. The van der Waals surface area contributed by atoms with Gasteiger partial charge in [0.15, 0.2) is 6.29 Å². The predicted octanol–water partition coefficient (Wildman–Crippen LogP) is -4.35. The Hall–Kier alpha value is 0.410. The van der Waals surface area contributed by atoms with Crippen LogP contribution in [0.2, 0.25) is 0 Å². The second kappa shape index (κ2) is 11.1. The summed E-state index contributed by atoms with van der Waals surface area (Å²) in [5.41, 5.74) is 0. The summed E-state index contributed by atoms with van der Waals surface area (Å²) in [7, 11) is -5.13. The first kappa shape index (κ1) is 23.4. The van der Waals surface area contributed by atoms with Crippen LogP contribution in [0, 0.1) is 0 Å². The van der Waals surface area contributed by atoms with E-state index < -0.39 is 47.7 Å². The summed E-state index contributed by atoms with van der Waals surface area (Å²) in [6.07, 6.45) is -2.46. The minimum absolute atomic E-state index is 0. The zero-order valence-electron chi connectivity index (χ0n) is 13.1. The van der Waals surface area contributed by atoms with Gasteiger partial charge in [0, 0.05) is 0 Å². The minimum atomic E-state index is -5.13. The molecule has 0 radical (unpaired) electrons. The number of ether oxygens (including phenoxy) is 2. The fraction of sp³-hybridized carbons (Fsp3) is 0.833. The summed E-state index contributed by atoms with van der Waals surface area (Å²) in [5, 5.41) is 28.9. The zero-order valence-corrected chi connectivity index (χ0v) is 15.9. The molecule has 11 heteroatoms. The van der Waals surface area contributed by atoms with Crippen molar-refractivity contribution < 1.29 is 71.5 Å². The Labute approximate surface area is 157 Å². The van der Waals surface area contributed by atoms with Crippen molar-refractivity contribution in [1.29, 1.82) is 0 Å². The zero-order chi connectivity index (χ0) is 16.8. The largest absolute Gasteiger partial charge is 1.00 e. The summed E-state index contributed by atoms with van der Waals surface area (Å²) in [6.45, 7) is 1.44. The molecule has 9 nitrogen and oxygen atoms in total. The Balaban J connectivity index is 0.00000484. The second-order valence-corrected chi connectivity index (χ2v) is 5.72. The van der Waals surface area contributed by atoms with Gasteiger partial charge in [-0.05, 0) is 12.8 Å². The third-order valence-corrected chi connectivity index (χ3v) is 3.48. The molecule has 3 N–H and O–H groups in total. The summed E-state index contributed by atoms with van der Waals surface area (Å²) in [5.74, 6) is 0. The van der Waals surface area contributed by atoms with Gasteiger partial charge in [-0.15, -0.1) is 0 Å². The Bertz CT molecular complexity index is 453. The minimum Gasteiger partial charge on any atom is -0.726 e. The van der Waals surface area contributed by atoms with E-state index in [4.69, 9.17) is 14.6 Å². The molecule has 1 rings (SSSR count). The van der Waals surface area contributed by atoms with Crippen LogP contribution in [0.3, 0.4) is 0 Å². The molecule has 0 aromatic carbocycles. The normalized spacial score (nSPS) is 32.0. The topological polar surface area (TPSA) is 146 Å². The van der Waals surface area contributed by atoms with E-state index in [9.17, 15) is 23.2 Å². The van der Waals surface area contributed by atoms with Crippen molar-refractivity contribution in [2.24, 2.45) is 0 Å². The van der Waals surface area contributed by atoms with E-state index in [0.29, 0.717) is 6.42 Å². The van der Waals surface area contributed by atoms with Gasteiger partial charge >= 0.3 is 29.6 Å². The van der Waals surface area contributed by atoms with Gasteiger partial charge in [0.2, 0.25) is 10.4 Å². The van der Waals surface area contributed by atoms with E-state index in [1.165, 1.54) is 0 Å². The van der Waals surface area contributed by atoms with Gasteiger partial charge in [-0.1, -0.05) is 19.1 Å². The van der Waals surface area contributed by atoms with E-state index in [0.717, 1.165) is 6.42 Å². The standard InChI is InChI=1S/C12H22O9S.Na/c1-2-3-4-5-6-19-12-10(15)9(14)11(8(7-13)20-12)21-22(16,17)18;/h3-4,8-15H,2,5-7H2,1H3,(H,16,17,18);/q;+1/p-1/b4-3-;/t8-,9-,10-,11-,12-;/m1./s1. The molecule has 0 amide bonds. The van der Waals surface area contributed by atoms with E-state index in [2.05, 4.69) is 4.18 Å². The van der Waals surface area contributed by atoms with Gasteiger partial charge in [0.05, 0.1) is 13.2 Å². The van der Waals surface area contributed by atoms with Gasteiger partial charge in [-0.2, -0.15) is 0 Å². The predicted molar refractivity (Wildman–Crippen MR) is 72.3 cm³/mol. The van der Waals surface area contributed by atoms with Crippen molar-refractivity contribution in [2.45, 2.75) is 50.5 Å². The molecule has 5 atom stereocenters. The number of hydrogen-bond donors (Lipinski definition) is 3. The van der Waals surface area contributed by atoms with Crippen LogP contribution >= 0.6 is 0 Å². The maximum absolute atomic E-state index is 10.6. The number of allylic oxidation sites excluding steroid dienone is 1. The molecule has 0 aromatic heterocycles. The molecule has 1 aliphatic rings. The molecule has 0 unspecified atom stereocenters. The van der Waals surface area contributed by atoms with Crippen molar-refractivity contribution >= 4 is 10.4 Å². The SMILES string of the molecule is CC/C=C\CCO[C@@H]1O[C@H](CO)[C@@H](OS(=O)(=O)[O-])[C@H](O)[C@H]1O.[Na+]. The van der Waals surface area contributed by atoms with E-state index in [1.54, 1.807) is 0 Å². The average molecular weight is 364 g/mol. The van der Waals surface area contributed by atoms with Gasteiger partial charge in [0.25, 0.3) is 0 Å². The monoisotopic (exact) mass is 364 g/mol. The van der Waals surface area contributed by atoms with E-state index in [-0.39, 0.29) is 36.2 Å². The Morgan fingerprint density at radius 3 is 2.43 bits per heavy atom. The van der Waals surface area contributed by atoms with Crippen LogP contribution in [0.15, 0.2) is 12.2 Å². The van der Waals surface area contributed by atoms with Crippen molar-refractivity contribution in [1.82, 2.24) is 0 Å². The Kier molecular flexibility index (Phi) is 11.3. The summed E-state index contributed by atoms with van der Waals surface area (Å²) in [4.78, 5) is 0. The van der Waals surface area contributed by atoms with Crippen LogP contribution in [0.4, 0.5) is 0 Å². The molecule has 0 saturated carbocycles.